The zero-order chi connectivity index (χ0) is 20.5. The van der Waals surface area contributed by atoms with Gasteiger partial charge in [-0.1, -0.05) is 15.9 Å². The Balaban J connectivity index is 1.35. The Morgan fingerprint density at radius 3 is 2.97 bits per heavy atom. The van der Waals surface area contributed by atoms with E-state index in [0.29, 0.717) is 5.95 Å². The van der Waals surface area contributed by atoms with Gasteiger partial charge in [-0.05, 0) is 61.6 Å². The number of benzene rings is 1. The number of hydrogen-bond acceptors (Lipinski definition) is 6. The van der Waals surface area contributed by atoms with E-state index >= 15 is 0 Å². The second-order valence-electron chi connectivity index (χ2n) is 8.10. The van der Waals surface area contributed by atoms with Crippen molar-refractivity contribution in [3.05, 3.63) is 45.2 Å². The average Bonchev–Trinajstić information content (AvgIpc) is 3.35. The third-order valence-corrected chi connectivity index (χ3v) is 6.61. The predicted molar refractivity (Wildman–Crippen MR) is 119 cm³/mol. The van der Waals surface area contributed by atoms with Crippen molar-refractivity contribution in [3.8, 4) is 0 Å². The molecule has 1 atom stereocenters. The minimum absolute atomic E-state index is 0.00540. The van der Waals surface area contributed by atoms with Crippen LogP contribution in [0.2, 0.25) is 0 Å². The molecule has 0 radical (unpaired) electrons. The highest BCUT2D eigenvalue weighted by Crippen LogP contribution is 2.41. The van der Waals surface area contributed by atoms with Crippen molar-refractivity contribution in [2.24, 2.45) is 0 Å². The molecule has 1 fully saturated rings. The molecule has 30 heavy (non-hydrogen) atoms. The van der Waals surface area contributed by atoms with Crippen molar-refractivity contribution in [3.63, 3.8) is 0 Å². The monoisotopic (exact) mass is 471 g/mol. The van der Waals surface area contributed by atoms with Gasteiger partial charge < -0.3 is 15.4 Å². The lowest BCUT2D eigenvalue weighted by Gasteiger charge is -2.26. The van der Waals surface area contributed by atoms with Crippen LogP contribution in [0.3, 0.4) is 0 Å². The molecule has 1 saturated heterocycles. The first-order valence-corrected chi connectivity index (χ1v) is 11.5. The standard InChI is InChI=1S/C22H26BrN5O2/c23-14-5-6-18-16(13-14)19(21(29)25-18)20-15-3-1-4-17(15)26-22(27-20)24-7-2-8-28-9-11-30-12-10-28/h5-6,13,19H,1-4,7-12H2,(H,25,29)(H,24,26,27). The Bertz CT molecular complexity index is 961. The predicted octanol–water partition coefficient (Wildman–Crippen LogP) is 2.95. The van der Waals surface area contributed by atoms with E-state index in [1.165, 1.54) is 0 Å². The lowest BCUT2D eigenvalue weighted by atomic mass is 9.93. The summed E-state index contributed by atoms with van der Waals surface area (Å²) < 4.78 is 6.38. The maximum Gasteiger partial charge on any atom is 0.238 e. The summed E-state index contributed by atoms with van der Waals surface area (Å²) in [5.41, 5.74) is 4.97. The van der Waals surface area contributed by atoms with Crippen LogP contribution in [0.4, 0.5) is 11.6 Å². The van der Waals surface area contributed by atoms with Gasteiger partial charge in [-0.25, -0.2) is 9.97 Å². The molecule has 1 amide bonds. The molecule has 3 heterocycles. The Morgan fingerprint density at radius 2 is 2.10 bits per heavy atom. The van der Waals surface area contributed by atoms with Crippen molar-refractivity contribution in [1.29, 1.82) is 0 Å². The van der Waals surface area contributed by atoms with Crippen molar-refractivity contribution in [1.82, 2.24) is 14.9 Å². The van der Waals surface area contributed by atoms with Crippen LogP contribution in [0.25, 0.3) is 0 Å². The first-order chi connectivity index (χ1) is 14.7. The van der Waals surface area contributed by atoms with Gasteiger partial charge in [-0.3, -0.25) is 9.69 Å². The van der Waals surface area contributed by atoms with Crippen LogP contribution >= 0.6 is 15.9 Å². The summed E-state index contributed by atoms with van der Waals surface area (Å²) in [6.07, 6.45) is 3.98. The highest BCUT2D eigenvalue weighted by Gasteiger charge is 2.36. The second-order valence-corrected chi connectivity index (χ2v) is 9.02. The number of hydrogen-bond donors (Lipinski definition) is 2. The zero-order valence-corrected chi connectivity index (χ0v) is 18.5. The topological polar surface area (TPSA) is 79.4 Å². The molecular weight excluding hydrogens is 446 g/mol. The largest absolute Gasteiger partial charge is 0.379 e. The number of morpholine rings is 1. The fraction of sp³-hybridized carbons (Fsp3) is 0.500. The van der Waals surface area contributed by atoms with Gasteiger partial charge in [-0.2, -0.15) is 0 Å². The summed E-state index contributed by atoms with van der Waals surface area (Å²) in [5, 5.41) is 6.42. The number of anilines is 2. The maximum atomic E-state index is 12.9. The number of aromatic nitrogens is 2. The molecule has 0 saturated carbocycles. The number of nitrogens with zero attached hydrogens (tertiary/aromatic N) is 3. The SMILES string of the molecule is O=C1Nc2ccc(Br)cc2C1c1nc(NCCCN2CCOCC2)nc2c1CCC2. The van der Waals surface area contributed by atoms with Crippen molar-refractivity contribution in [2.75, 3.05) is 50.0 Å². The second kappa shape index (κ2) is 8.61. The molecule has 1 unspecified atom stereocenters. The molecule has 7 nitrogen and oxygen atoms in total. The molecule has 1 aliphatic carbocycles. The fourth-order valence-electron chi connectivity index (χ4n) is 4.61. The summed E-state index contributed by atoms with van der Waals surface area (Å²) in [4.78, 5) is 24.9. The van der Waals surface area contributed by atoms with Crippen LogP contribution in [0.1, 0.15) is 41.3 Å². The number of aryl methyl sites for hydroxylation is 1. The highest BCUT2D eigenvalue weighted by atomic mass is 79.9. The first kappa shape index (κ1) is 19.9. The molecule has 0 spiro atoms. The number of ether oxygens (including phenoxy) is 1. The number of carbonyl (C=O) groups excluding carboxylic acids is 1. The van der Waals surface area contributed by atoms with E-state index in [2.05, 4.69) is 31.5 Å². The Kier molecular flexibility index (Phi) is 5.71. The van der Waals surface area contributed by atoms with Gasteiger partial charge in [0.05, 0.1) is 18.9 Å². The summed E-state index contributed by atoms with van der Waals surface area (Å²) >= 11 is 3.54. The van der Waals surface area contributed by atoms with E-state index in [0.717, 1.165) is 97.8 Å². The van der Waals surface area contributed by atoms with E-state index in [9.17, 15) is 4.79 Å². The molecule has 158 valence electrons. The summed E-state index contributed by atoms with van der Waals surface area (Å²) in [7, 11) is 0. The Labute approximate surface area is 184 Å². The number of halogens is 1. The van der Waals surface area contributed by atoms with E-state index in [-0.39, 0.29) is 11.8 Å². The van der Waals surface area contributed by atoms with Crippen molar-refractivity contribution in [2.45, 2.75) is 31.6 Å². The van der Waals surface area contributed by atoms with E-state index in [4.69, 9.17) is 14.7 Å². The normalized spacial score (nSPS) is 20.7. The molecule has 0 bridgehead atoms. The third-order valence-electron chi connectivity index (χ3n) is 6.12. The molecule has 2 aliphatic heterocycles. The summed E-state index contributed by atoms with van der Waals surface area (Å²) in [6, 6.07) is 5.92. The van der Waals surface area contributed by atoms with Gasteiger partial charge in [0.1, 0.15) is 5.92 Å². The smallest absolute Gasteiger partial charge is 0.238 e. The lowest BCUT2D eigenvalue weighted by Crippen LogP contribution is -2.37. The van der Waals surface area contributed by atoms with Crippen molar-refractivity contribution < 1.29 is 9.53 Å². The van der Waals surface area contributed by atoms with Crippen LogP contribution in [0.15, 0.2) is 22.7 Å². The molecular formula is C22H26BrN5O2. The number of amides is 1. The minimum Gasteiger partial charge on any atom is -0.379 e. The fourth-order valence-corrected chi connectivity index (χ4v) is 4.99. The molecule has 3 aliphatic rings. The van der Waals surface area contributed by atoms with Crippen LogP contribution < -0.4 is 10.6 Å². The van der Waals surface area contributed by atoms with E-state index in [1.54, 1.807) is 0 Å². The van der Waals surface area contributed by atoms with Gasteiger partial charge in [0.2, 0.25) is 11.9 Å². The quantitative estimate of drug-likeness (QED) is 0.630. The number of nitrogens with one attached hydrogen (secondary N) is 2. The van der Waals surface area contributed by atoms with Crippen LogP contribution in [0.5, 0.6) is 0 Å². The minimum atomic E-state index is -0.374. The van der Waals surface area contributed by atoms with Gasteiger partial charge in [-0.15, -0.1) is 0 Å². The Hall–Kier alpha value is -2.03. The molecule has 1 aromatic carbocycles. The molecule has 5 rings (SSSR count). The van der Waals surface area contributed by atoms with Crippen LogP contribution in [-0.2, 0) is 22.4 Å². The van der Waals surface area contributed by atoms with E-state index in [1.807, 2.05) is 18.2 Å². The summed E-state index contributed by atoms with van der Waals surface area (Å²) in [6.45, 7) is 5.52. The lowest BCUT2D eigenvalue weighted by molar-refractivity contribution is -0.116. The van der Waals surface area contributed by atoms with Crippen LogP contribution in [-0.4, -0.2) is 60.2 Å². The Morgan fingerprint density at radius 1 is 1.23 bits per heavy atom. The number of rotatable bonds is 6. The van der Waals surface area contributed by atoms with Crippen molar-refractivity contribution >= 4 is 33.5 Å². The molecule has 8 heteroatoms. The van der Waals surface area contributed by atoms with E-state index < -0.39 is 0 Å². The average molecular weight is 472 g/mol. The summed E-state index contributed by atoms with van der Waals surface area (Å²) in [5.74, 6) is 0.263. The number of fused-ring (bicyclic) bond motifs is 2. The van der Waals surface area contributed by atoms with Gasteiger partial charge >= 0.3 is 0 Å². The molecule has 2 aromatic rings. The van der Waals surface area contributed by atoms with Gasteiger partial charge in [0, 0.05) is 35.5 Å². The third kappa shape index (κ3) is 3.96. The van der Waals surface area contributed by atoms with Gasteiger partial charge in [0.15, 0.2) is 0 Å². The number of carbonyl (C=O) groups is 1. The van der Waals surface area contributed by atoms with Crippen LogP contribution in [0, 0.1) is 0 Å². The maximum absolute atomic E-state index is 12.9. The molecule has 1 aromatic heterocycles. The van der Waals surface area contributed by atoms with Gasteiger partial charge in [0.25, 0.3) is 0 Å². The zero-order valence-electron chi connectivity index (χ0n) is 16.9. The highest BCUT2D eigenvalue weighted by molar-refractivity contribution is 9.10. The molecule has 2 N–H and O–H groups in total. The first-order valence-electron chi connectivity index (χ1n) is 10.7.